The maximum Gasteiger partial charge on any atom is 0.254 e. The topological polar surface area (TPSA) is 101 Å². The van der Waals surface area contributed by atoms with Crippen molar-refractivity contribution < 1.29 is 18.0 Å². The van der Waals surface area contributed by atoms with Crippen molar-refractivity contribution in [1.82, 2.24) is 9.21 Å². The van der Waals surface area contributed by atoms with E-state index in [1.807, 2.05) is 0 Å². The van der Waals surface area contributed by atoms with Crippen LogP contribution in [0.5, 0.6) is 0 Å². The average Bonchev–Trinajstić information content (AvgIpc) is 2.37. The molecular weight excluding hydrogens is 282 g/mol. The molecule has 0 atom stereocenters. The van der Waals surface area contributed by atoms with Crippen molar-refractivity contribution in [2.45, 2.75) is 4.90 Å². The van der Waals surface area contributed by atoms with Gasteiger partial charge in [-0.3, -0.25) is 9.59 Å². The summed E-state index contributed by atoms with van der Waals surface area (Å²) in [6, 6.07) is 5.49. The molecule has 0 aliphatic heterocycles. The maximum atomic E-state index is 11.9. The fourth-order valence-electron chi connectivity index (χ4n) is 1.51. The van der Waals surface area contributed by atoms with Crippen LogP contribution in [0.4, 0.5) is 0 Å². The van der Waals surface area contributed by atoms with E-state index < -0.39 is 21.8 Å². The van der Waals surface area contributed by atoms with Crippen LogP contribution in [0.3, 0.4) is 0 Å². The minimum atomic E-state index is -3.52. The van der Waals surface area contributed by atoms with E-state index in [0.29, 0.717) is 0 Å². The van der Waals surface area contributed by atoms with Gasteiger partial charge in [0.05, 0.1) is 11.4 Å². The van der Waals surface area contributed by atoms with Crippen molar-refractivity contribution in [3.8, 4) is 0 Å². The largest absolute Gasteiger partial charge is 0.368 e. The summed E-state index contributed by atoms with van der Waals surface area (Å²) in [5.74, 6) is -1.02. The number of primary amides is 1. The molecule has 1 rings (SSSR count). The number of benzene rings is 1. The summed E-state index contributed by atoms with van der Waals surface area (Å²) in [5.41, 5.74) is 5.29. The molecule has 0 saturated carbocycles. The van der Waals surface area contributed by atoms with Crippen molar-refractivity contribution in [1.29, 1.82) is 0 Å². The Hall–Kier alpha value is -1.93. The van der Waals surface area contributed by atoms with E-state index in [1.165, 1.54) is 45.4 Å². The van der Waals surface area contributed by atoms with Gasteiger partial charge < -0.3 is 10.6 Å². The van der Waals surface area contributed by atoms with Crippen molar-refractivity contribution >= 4 is 21.8 Å². The monoisotopic (exact) mass is 299 g/mol. The van der Waals surface area contributed by atoms with Gasteiger partial charge in [-0.1, -0.05) is 0 Å². The molecule has 2 N–H and O–H groups in total. The molecule has 0 aliphatic rings. The van der Waals surface area contributed by atoms with Gasteiger partial charge in [-0.05, 0) is 24.3 Å². The Morgan fingerprint density at radius 3 is 2.00 bits per heavy atom. The van der Waals surface area contributed by atoms with Crippen LogP contribution < -0.4 is 5.73 Å². The molecule has 1 aromatic carbocycles. The van der Waals surface area contributed by atoms with Gasteiger partial charge in [-0.2, -0.15) is 0 Å². The summed E-state index contributed by atoms with van der Waals surface area (Å²) < 4.78 is 24.8. The van der Waals surface area contributed by atoms with Crippen LogP contribution in [-0.2, 0) is 14.8 Å². The molecule has 110 valence electrons. The number of rotatable bonds is 5. The molecule has 0 spiro atoms. The Balaban J connectivity index is 2.98. The first-order valence-electron chi connectivity index (χ1n) is 5.72. The zero-order valence-corrected chi connectivity index (χ0v) is 12.3. The molecule has 0 fully saturated rings. The predicted molar refractivity (Wildman–Crippen MR) is 73.5 cm³/mol. The fourth-order valence-corrected chi connectivity index (χ4v) is 2.41. The molecule has 2 amide bonds. The first-order valence-corrected chi connectivity index (χ1v) is 7.16. The highest BCUT2D eigenvalue weighted by atomic mass is 32.2. The molecule has 0 aromatic heterocycles. The predicted octanol–water partition coefficient (Wildman–Crippen LogP) is -0.506. The van der Waals surface area contributed by atoms with Gasteiger partial charge in [0, 0.05) is 26.7 Å². The Labute approximate surface area is 118 Å². The van der Waals surface area contributed by atoms with Gasteiger partial charge in [0.2, 0.25) is 15.9 Å². The van der Waals surface area contributed by atoms with Gasteiger partial charge in [-0.25, -0.2) is 12.7 Å². The van der Waals surface area contributed by atoms with Gasteiger partial charge in [0.15, 0.2) is 0 Å². The average molecular weight is 299 g/mol. The molecule has 7 nitrogen and oxygen atoms in total. The van der Waals surface area contributed by atoms with Crippen LogP contribution in [0.15, 0.2) is 29.2 Å². The lowest BCUT2D eigenvalue weighted by atomic mass is 10.2. The second-order valence-corrected chi connectivity index (χ2v) is 6.59. The summed E-state index contributed by atoms with van der Waals surface area (Å²) in [7, 11) is 0.769. The van der Waals surface area contributed by atoms with E-state index in [4.69, 9.17) is 5.73 Å². The van der Waals surface area contributed by atoms with Crippen molar-refractivity contribution in [2.24, 2.45) is 5.73 Å². The summed E-state index contributed by atoms with van der Waals surface area (Å²) in [5, 5.41) is 0. The Bertz CT molecular complexity index is 608. The van der Waals surface area contributed by atoms with E-state index in [0.717, 1.165) is 9.21 Å². The van der Waals surface area contributed by atoms with Crippen LogP contribution in [-0.4, -0.2) is 57.1 Å². The highest BCUT2D eigenvalue weighted by Crippen LogP contribution is 2.14. The van der Waals surface area contributed by atoms with Gasteiger partial charge in [0.1, 0.15) is 0 Å². The highest BCUT2D eigenvalue weighted by Gasteiger charge is 2.18. The lowest BCUT2D eigenvalue weighted by Gasteiger charge is -2.16. The summed E-state index contributed by atoms with van der Waals surface area (Å²) in [4.78, 5) is 23.9. The molecule has 0 saturated heterocycles. The zero-order chi connectivity index (χ0) is 15.5. The Morgan fingerprint density at radius 1 is 1.10 bits per heavy atom. The van der Waals surface area contributed by atoms with Gasteiger partial charge in [-0.15, -0.1) is 0 Å². The lowest BCUT2D eigenvalue weighted by Crippen LogP contribution is -2.35. The van der Waals surface area contributed by atoms with E-state index in [-0.39, 0.29) is 17.0 Å². The molecule has 0 aliphatic carbocycles. The van der Waals surface area contributed by atoms with Gasteiger partial charge in [0.25, 0.3) is 5.91 Å². The molecule has 20 heavy (non-hydrogen) atoms. The maximum absolute atomic E-state index is 11.9. The van der Waals surface area contributed by atoms with Crippen LogP contribution >= 0.6 is 0 Å². The molecule has 0 heterocycles. The number of likely N-dealkylation sites (N-methyl/N-ethyl adjacent to an activating group) is 1. The highest BCUT2D eigenvalue weighted by molar-refractivity contribution is 7.89. The van der Waals surface area contributed by atoms with E-state index in [9.17, 15) is 18.0 Å². The molecule has 1 aromatic rings. The first kappa shape index (κ1) is 16.1. The van der Waals surface area contributed by atoms with Crippen LogP contribution in [0.2, 0.25) is 0 Å². The van der Waals surface area contributed by atoms with Crippen molar-refractivity contribution in [3.05, 3.63) is 29.8 Å². The van der Waals surface area contributed by atoms with E-state index >= 15 is 0 Å². The minimum Gasteiger partial charge on any atom is -0.368 e. The van der Waals surface area contributed by atoms with E-state index in [2.05, 4.69) is 0 Å². The zero-order valence-electron chi connectivity index (χ0n) is 11.5. The SMILES string of the molecule is CN(CC(N)=O)C(=O)c1ccc(S(=O)(=O)N(C)C)cc1. The molecule has 8 heteroatoms. The third kappa shape index (κ3) is 3.55. The van der Waals surface area contributed by atoms with E-state index in [1.54, 1.807) is 0 Å². The van der Waals surface area contributed by atoms with Crippen LogP contribution in [0, 0.1) is 0 Å². The van der Waals surface area contributed by atoms with Crippen LogP contribution in [0.25, 0.3) is 0 Å². The summed E-state index contributed by atoms with van der Waals surface area (Å²) >= 11 is 0. The number of nitrogens with two attached hydrogens (primary N) is 1. The smallest absolute Gasteiger partial charge is 0.254 e. The first-order chi connectivity index (χ1) is 9.16. The quantitative estimate of drug-likeness (QED) is 0.791. The molecule has 0 bridgehead atoms. The Kier molecular flexibility index (Phi) is 4.85. The number of sulfonamides is 1. The second-order valence-electron chi connectivity index (χ2n) is 4.44. The Morgan fingerprint density at radius 2 is 1.60 bits per heavy atom. The minimum absolute atomic E-state index is 0.0941. The lowest BCUT2D eigenvalue weighted by molar-refractivity contribution is -0.118. The third-order valence-corrected chi connectivity index (χ3v) is 4.45. The number of hydrogen-bond acceptors (Lipinski definition) is 4. The molecule has 0 radical (unpaired) electrons. The number of carbonyl (C=O) groups excluding carboxylic acids is 2. The summed E-state index contributed by atoms with van der Waals surface area (Å²) in [6.45, 7) is -0.198. The summed E-state index contributed by atoms with van der Waals surface area (Å²) in [6.07, 6.45) is 0. The third-order valence-electron chi connectivity index (χ3n) is 2.62. The van der Waals surface area contributed by atoms with Crippen LogP contribution in [0.1, 0.15) is 10.4 Å². The fraction of sp³-hybridized carbons (Fsp3) is 0.333. The van der Waals surface area contributed by atoms with Gasteiger partial charge >= 0.3 is 0 Å². The molecular formula is C12H17N3O4S. The molecule has 0 unspecified atom stereocenters. The normalized spacial score (nSPS) is 11.4. The number of carbonyl (C=O) groups is 2. The van der Waals surface area contributed by atoms with Crippen molar-refractivity contribution in [2.75, 3.05) is 27.7 Å². The number of nitrogens with zero attached hydrogens (tertiary/aromatic N) is 2. The number of hydrogen-bond donors (Lipinski definition) is 1. The number of amides is 2. The van der Waals surface area contributed by atoms with Crippen molar-refractivity contribution in [3.63, 3.8) is 0 Å². The second kappa shape index (κ2) is 6.02. The standard InChI is InChI=1S/C12H17N3O4S/c1-14(2)20(18,19)10-6-4-9(5-7-10)12(17)15(3)8-11(13)16/h4-7H,8H2,1-3H3,(H2,13,16).